The molecule has 1 aromatic carbocycles. The number of nitrogens with one attached hydrogen (secondary N) is 2. The minimum Gasteiger partial charge on any atom is -0.497 e. The van der Waals surface area contributed by atoms with Crippen LogP contribution >= 0.6 is 0 Å². The fraction of sp³-hybridized carbons (Fsp3) is 0.286. The maximum absolute atomic E-state index is 12.0. The Labute approximate surface area is 117 Å². The second kappa shape index (κ2) is 6.60. The monoisotopic (exact) mass is 274 g/mol. The summed E-state index contributed by atoms with van der Waals surface area (Å²) in [5.41, 5.74) is 6.67. The van der Waals surface area contributed by atoms with E-state index in [0.29, 0.717) is 23.5 Å². The molecule has 20 heavy (non-hydrogen) atoms. The van der Waals surface area contributed by atoms with Crippen LogP contribution in [0.4, 0.5) is 5.69 Å². The fourth-order valence-corrected chi connectivity index (χ4v) is 1.85. The first-order valence-electron chi connectivity index (χ1n) is 6.40. The van der Waals surface area contributed by atoms with Crippen LogP contribution in [0.2, 0.25) is 0 Å². The number of nitrogens with two attached hydrogens (primary N) is 1. The molecule has 0 saturated heterocycles. The maximum Gasteiger partial charge on any atom is 0.253 e. The molecule has 106 valence electrons. The topological polar surface area (TPSA) is 93.0 Å². The van der Waals surface area contributed by atoms with Crippen LogP contribution in [-0.4, -0.2) is 29.5 Å². The third-order valence-corrected chi connectivity index (χ3v) is 2.94. The smallest absolute Gasteiger partial charge is 0.253 e. The number of nitrogen functional groups attached to an aromatic ring is 1. The number of benzene rings is 1. The van der Waals surface area contributed by atoms with Crippen molar-refractivity contribution in [3.05, 3.63) is 42.0 Å². The summed E-state index contributed by atoms with van der Waals surface area (Å²) in [4.78, 5) is 19.2. The number of carbonyl (C=O) groups is 1. The van der Waals surface area contributed by atoms with Gasteiger partial charge in [-0.3, -0.25) is 4.79 Å². The van der Waals surface area contributed by atoms with Crippen LogP contribution < -0.4 is 15.8 Å². The van der Waals surface area contributed by atoms with Gasteiger partial charge in [0.25, 0.3) is 5.91 Å². The number of rotatable bonds is 6. The molecule has 0 saturated carbocycles. The molecule has 0 atom stereocenters. The van der Waals surface area contributed by atoms with Crippen molar-refractivity contribution in [3.63, 3.8) is 0 Å². The van der Waals surface area contributed by atoms with Crippen molar-refractivity contribution < 1.29 is 9.53 Å². The van der Waals surface area contributed by atoms with E-state index < -0.39 is 0 Å². The van der Waals surface area contributed by atoms with E-state index in [2.05, 4.69) is 15.3 Å². The number of carbonyl (C=O) groups excluding carboxylic acids is 1. The van der Waals surface area contributed by atoms with Gasteiger partial charge >= 0.3 is 0 Å². The third kappa shape index (κ3) is 3.50. The predicted octanol–water partition coefficient (Wildman–Crippen LogP) is 1.36. The van der Waals surface area contributed by atoms with Crippen molar-refractivity contribution in [3.8, 4) is 5.75 Å². The summed E-state index contributed by atoms with van der Waals surface area (Å²) >= 11 is 0. The van der Waals surface area contributed by atoms with Gasteiger partial charge in [0.1, 0.15) is 11.6 Å². The van der Waals surface area contributed by atoms with Gasteiger partial charge in [-0.05, 0) is 24.6 Å². The van der Waals surface area contributed by atoms with Gasteiger partial charge in [-0.2, -0.15) is 0 Å². The van der Waals surface area contributed by atoms with E-state index in [-0.39, 0.29) is 5.91 Å². The summed E-state index contributed by atoms with van der Waals surface area (Å²) in [5.74, 6) is 1.33. The molecule has 0 aliphatic carbocycles. The third-order valence-electron chi connectivity index (χ3n) is 2.94. The first kappa shape index (κ1) is 13.9. The first-order chi connectivity index (χ1) is 9.70. The normalized spacial score (nSPS) is 10.2. The molecule has 2 aromatic rings. The Kier molecular flexibility index (Phi) is 4.60. The second-order valence-electron chi connectivity index (χ2n) is 4.35. The summed E-state index contributed by atoms with van der Waals surface area (Å²) in [6, 6.07) is 5.02. The van der Waals surface area contributed by atoms with Crippen LogP contribution in [0.5, 0.6) is 5.75 Å². The lowest BCUT2D eigenvalue weighted by molar-refractivity contribution is 0.0953. The quantitative estimate of drug-likeness (QED) is 0.548. The molecule has 6 nitrogen and oxygen atoms in total. The summed E-state index contributed by atoms with van der Waals surface area (Å²) in [5, 5.41) is 2.84. The lowest BCUT2D eigenvalue weighted by atomic mass is 10.1. The molecule has 6 heteroatoms. The van der Waals surface area contributed by atoms with E-state index in [1.165, 1.54) is 0 Å². The van der Waals surface area contributed by atoms with E-state index in [9.17, 15) is 4.79 Å². The van der Waals surface area contributed by atoms with Crippen molar-refractivity contribution in [1.29, 1.82) is 0 Å². The van der Waals surface area contributed by atoms with Gasteiger partial charge in [0.2, 0.25) is 0 Å². The highest BCUT2D eigenvalue weighted by Gasteiger charge is 2.10. The fourth-order valence-electron chi connectivity index (χ4n) is 1.85. The maximum atomic E-state index is 12.0. The molecule has 0 aliphatic heterocycles. The zero-order valence-electron chi connectivity index (χ0n) is 11.3. The van der Waals surface area contributed by atoms with Crippen LogP contribution in [-0.2, 0) is 6.42 Å². The van der Waals surface area contributed by atoms with Gasteiger partial charge < -0.3 is 20.8 Å². The van der Waals surface area contributed by atoms with E-state index >= 15 is 0 Å². The van der Waals surface area contributed by atoms with Crippen molar-refractivity contribution in [2.45, 2.75) is 12.8 Å². The Balaban J connectivity index is 1.85. The van der Waals surface area contributed by atoms with Gasteiger partial charge in [-0.25, -0.2) is 4.98 Å². The van der Waals surface area contributed by atoms with Gasteiger partial charge in [-0.15, -0.1) is 0 Å². The number of nitrogens with zero attached hydrogens (tertiary/aromatic N) is 1. The van der Waals surface area contributed by atoms with Gasteiger partial charge in [-0.1, -0.05) is 0 Å². The van der Waals surface area contributed by atoms with Gasteiger partial charge in [0.15, 0.2) is 0 Å². The average Bonchev–Trinajstić information content (AvgIpc) is 2.97. The number of H-pyrrole nitrogens is 1. The molecular formula is C14H18N4O2. The summed E-state index contributed by atoms with van der Waals surface area (Å²) in [7, 11) is 1.55. The van der Waals surface area contributed by atoms with Crippen LogP contribution in [0.1, 0.15) is 22.6 Å². The number of anilines is 1. The number of amides is 1. The summed E-state index contributed by atoms with van der Waals surface area (Å²) in [6.07, 6.45) is 5.10. The molecule has 1 aromatic heterocycles. The molecule has 1 amide bonds. The molecule has 0 radical (unpaired) electrons. The largest absolute Gasteiger partial charge is 0.497 e. The van der Waals surface area contributed by atoms with Crippen molar-refractivity contribution in [2.24, 2.45) is 0 Å². The molecule has 4 N–H and O–H groups in total. The number of ether oxygens (including phenoxy) is 1. The molecule has 0 unspecified atom stereocenters. The SMILES string of the molecule is COc1ccc(N)c(C(=O)NCCCc2ncc[nH]2)c1. The standard InChI is InChI=1S/C14H18N4O2/c1-20-10-4-5-12(15)11(9-10)14(19)18-6-2-3-13-16-7-8-17-13/h4-5,7-9H,2-3,6,15H2,1H3,(H,16,17)(H,18,19). The lowest BCUT2D eigenvalue weighted by Crippen LogP contribution is -2.25. The number of aryl methyl sites for hydroxylation is 1. The predicted molar refractivity (Wildman–Crippen MR) is 76.6 cm³/mol. The molecule has 0 fully saturated rings. The zero-order chi connectivity index (χ0) is 14.4. The highest BCUT2D eigenvalue weighted by molar-refractivity contribution is 5.99. The number of hydrogen-bond acceptors (Lipinski definition) is 4. The van der Waals surface area contributed by atoms with Crippen molar-refractivity contribution in [1.82, 2.24) is 15.3 Å². The Morgan fingerprint density at radius 1 is 1.50 bits per heavy atom. The van der Waals surface area contributed by atoms with Gasteiger partial charge in [0.05, 0.1) is 12.7 Å². The second-order valence-corrected chi connectivity index (χ2v) is 4.35. The molecule has 1 heterocycles. The Hall–Kier alpha value is -2.50. The van der Waals surface area contributed by atoms with Crippen molar-refractivity contribution >= 4 is 11.6 Å². The average molecular weight is 274 g/mol. The summed E-state index contributed by atoms with van der Waals surface area (Å²) < 4.78 is 5.09. The molecular weight excluding hydrogens is 256 g/mol. The molecule has 2 rings (SSSR count). The van der Waals surface area contributed by atoms with Crippen LogP contribution in [0, 0.1) is 0 Å². The van der Waals surface area contributed by atoms with E-state index in [1.807, 2.05) is 0 Å². The van der Waals surface area contributed by atoms with Crippen LogP contribution in [0.15, 0.2) is 30.6 Å². The number of imidazole rings is 1. The minimum absolute atomic E-state index is 0.194. The van der Waals surface area contributed by atoms with E-state index in [0.717, 1.165) is 18.7 Å². The van der Waals surface area contributed by atoms with E-state index in [1.54, 1.807) is 37.7 Å². The van der Waals surface area contributed by atoms with Crippen LogP contribution in [0.3, 0.4) is 0 Å². The first-order valence-corrected chi connectivity index (χ1v) is 6.40. The number of aromatic amines is 1. The Bertz CT molecular complexity index is 567. The van der Waals surface area contributed by atoms with Crippen LogP contribution in [0.25, 0.3) is 0 Å². The van der Waals surface area contributed by atoms with Gasteiger partial charge in [0, 0.05) is 31.0 Å². The number of aromatic nitrogens is 2. The number of methoxy groups -OCH3 is 1. The summed E-state index contributed by atoms with van der Waals surface area (Å²) in [6.45, 7) is 0.566. The highest BCUT2D eigenvalue weighted by atomic mass is 16.5. The zero-order valence-corrected chi connectivity index (χ0v) is 11.3. The molecule has 0 aliphatic rings. The number of hydrogen-bond donors (Lipinski definition) is 3. The van der Waals surface area contributed by atoms with Crippen molar-refractivity contribution in [2.75, 3.05) is 19.4 Å². The Morgan fingerprint density at radius 3 is 3.05 bits per heavy atom. The Morgan fingerprint density at radius 2 is 2.35 bits per heavy atom. The molecule has 0 spiro atoms. The minimum atomic E-state index is -0.194. The van der Waals surface area contributed by atoms with E-state index in [4.69, 9.17) is 10.5 Å². The molecule has 0 bridgehead atoms. The highest BCUT2D eigenvalue weighted by Crippen LogP contribution is 2.19. The lowest BCUT2D eigenvalue weighted by Gasteiger charge is -2.09.